The molecule has 0 aliphatic rings. The Hall–Kier alpha value is -2.04. The maximum atomic E-state index is 11.8. The molecule has 2 heterocycles. The number of carbonyl (C=O) groups excluding carboxylic acids is 1. The second-order valence-corrected chi connectivity index (χ2v) is 4.11. The SMILES string of the molecule is CCCCCNC(=O)c1cc(-c2ccco2)[nH]n1. The summed E-state index contributed by atoms with van der Waals surface area (Å²) in [6.45, 7) is 2.82. The van der Waals surface area contributed by atoms with E-state index in [1.54, 1.807) is 18.4 Å². The molecular weight excluding hydrogens is 230 g/mol. The van der Waals surface area contributed by atoms with Crippen molar-refractivity contribution in [2.24, 2.45) is 0 Å². The molecule has 2 N–H and O–H groups in total. The zero-order valence-electron chi connectivity index (χ0n) is 10.4. The monoisotopic (exact) mass is 247 g/mol. The minimum atomic E-state index is -0.153. The average Bonchev–Trinajstić information content (AvgIpc) is 3.03. The molecule has 0 atom stereocenters. The zero-order valence-corrected chi connectivity index (χ0v) is 10.4. The Balaban J connectivity index is 1.91. The number of unbranched alkanes of at least 4 members (excludes halogenated alkanes) is 2. The van der Waals surface area contributed by atoms with E-state index in [1.165, 1.54) is 0 Å². The minimum Gasteiger partial charge on any atom is -0.463 e. The third kappa shape index (κ3) is 3.00. The zero-order chi connectivity index (χ0) is 12.8. The van der Waals surface area contributed by atoms with Gasteiger partial charge in [0.15, 0.2) is 11.5 Å². The summed E-state index contributed by atoms with van der Waals surface area (Å²) < 4.78 is 5.22. The number of nitrogens with one attached hydrogen (secondary N) is 2. The third-order valence-electron chi connectivity index (χ3n) is 2.66. The fraction of sp³-hybridized carbons (Fsp3) is 0.385. The lowest BCUT2D eigenvalue weighted by molar-refractivity contribution is 0.0948. The van der Waals surface area contributed by atoms with Gasteiger partial charge in [-0.2, -0.15) is 5.10 Å². The van der Waals surface area contributed by atoms with E-state index in [-0.39, 0.29) is 5.91 Å². The van der Waals surface area contributed by atoms with Crippen molar-refractivity contribution in [1.29, 1.82) is 0 Å². The number of amides is 1. The molecule has 0 aromatic carbocycles. The summed E-state index contributed by atoms with van der Waals surface area (Å²) in [7, 11) is 0. The number of carbonyl (C=O) groups is 1. The number of nitrogens with zero attached hydrogens (tertiary/aromatic N) is 1. The van der Waals surface area contributed by atoms with Crippen LogP contribution in [0.1, 0.15) is 36.7 Å². The molecule has 0 aliphatic heterocycles. The maximum Gasteiger partial charge on any atom is 0.271 e. The summed E-state index contributed by atoms with van der Waals surface area (Å²) in [6.07, 6.45) is 4.85. The molecule has 1 amide bonds. The minimum absolute atomic E-state index is 0.153. The van der Waals surface area contributed by atoms with Gasteiger partial charge >= 0.3 is 0 Å². The van der Waals surface area contributed by atoms with Crippen LogP contribution in [0.3, 0.4) is 0 Å². The molecular formula is C13H17N3O2. The van der Waals surface area contributed by atoms with Crippen molar-refractivity contribution < 1.29 is 9.21 Å². The predicted octanol–water partition coefficient (Wildman–Crippen LogP) is 2.59. The van der Waals surface area contributed by atoms with E-state index in [0.717, 1.165) is 19.3 Å². The van der Waals surface area contributed by atoms with E-state index in [4.69, 9.17) is 4.42 Å². The molecule has 0 bridgehead atoms. The number of aromatic nitrogens is 2. The highest BCUT2D eigenvalue weighted by Gasteiger charge is 2.11. The first-order chi connectivity index (χ1) is 8.81. The summed E-state index contributed by atoms with van der Waals surface area (Å²) >= 11 is 0. The van der Waals surface area contributed by atoms with Crippen LogP contribution in [-0.4, -0.2) is 22.6 Å². The molecule has 0 unspecified atom stereocenters. The fourth-order valence-corrected chi connectivity index (χ4v) is 1.66. The smallest absolute Gasteiger partial charge is 0.271 e. The summed E-state index contributed by atoms with van der Waals surface area (Å²) in [5, 5.41) is 9.60. The lowest BCUT2D eigenvalue weighted by atomic mass is 10.2. The molecule has 0 saturated carbocycles. The van der Waals surface area contributed by atoms with Crippen LogP contribution in [0, 0.1) is 0 Å². The van der Waals surface area contributed by atoms with Crippen LogP contribution in [0.15, 0.2) is 28.9 Å². The highest BCUT2D eigenvalue weighted by atomic mass is 16.3. The van der Waals surface area contributed by atoms with E-state index >= 15 is 0 Å². The van der Waals surface area contributed by atoms with Crippen LogP contribution < -0.4 is 5.32 Å². The van der Waals surface area contributed by atoms with E-state index < -0.39 is 0 Å². The van der Waals surface area contributed by atoms with E-state index in [1.807, 2.05) is 6.07 Å². The van der Waals surface area contributed by atoms with Gasteiger partial charge in [0.25, 0.3) is 5.91 Å². The number of hydrogen-bond donors (Lipinski definition) is 2. The summed E-state index contributed by atoms with van der Waals surface area (Å²) in [6, 6.07) is 5.30. The standard InChI is InChI=1S/C13H17N3O2/c1-2-3-4-7-14-13(17)11-9-10(15-16-11)12-6-5-8-18-12/h5-6,8-9H,2-4,7H2,1H3,(H,14,17)(H,15,16). The highest BCUT2D eigenvalue weighted by Crippen LogP contribution is 2.17. The van der Waals surface area contributed by atoms with Crippen molar-refractivity contribution in [3.63, 3.8) is 0 Å². The summed E-state index contributed by atoms with van der Waals surface area (Å²) in [4.78, 5) is 11.8. The van der Waals surface area contributed by atoms with Gasteiger partial charge in [0.2, 0.25) is 0 Å². The van der Waals surface area contributed by atoms with E-state index in [0.29, 0.717) is 23.7 Å². The molecule has 0 spiro atoms. The van der Waals surface area contributed by atoms with Gasteiger partial charge in [-0.25, -0.2) is 0 Å². The van der Waals surface area contributed by atoms with Crippen LogP contribution in [0.2, 0.25) is 0 Å². The van der Waals surface area contributed by atoms with Gasteiger partial charge in [-0.15, -0.1) is 0 Å². The second-order valence-electron chi connectivity index (χ2n) is 4.11. The van der Waals surface area contributed by atoms with Crippen molar-refractivity contribution in [1.82, 2.24) is 15.5 Å². The van der Waals surface area contributed by atoms with Crippen molar-refractivity contribution in [3.8, 4) is 11.5 Å². The number of aromatic amines is 1. The van der Waals surface area contributed by atoms with Gasteiger partial charge in [0, 0.05) is 12.6 Å². The van der Waals surface area contributed by atoms with Gasteiger partial charge in [-0.05, 0) is 18.6 Å². The first kappa shape index (κ1) is 12.4. The number of rotatable bonds is 6. The van der Waals surface area contributed by atoms with Crippen molar-refractivity contribution in [3.05, 3.63) is 30.2 Å². The second kappa shape index (κ2) is 6.05. The Morgan fingerprint density at radius 3 is 3.11 bits per heavy atom. The van der Waals surface area contributed by atoms with Crippen molar-refractivity contribution in [2.45, 2.75) is 26.2 Å². The Morgan fingerprint density at radius 1 is 1.50 bits per heavy atom. The summed E-state index contributed by atoms with van der Waals surface area (Å²) in [5.41, 5.74) is 1.09. The summed E-state index contributed by atoms with van der Waals surface area (Å²) in [5.74, 6) is 0.521. The van der Waals surface area contributed by atoms with E-state index in [2.05, 4.69) is 22.4 Å². The van der Waals surface area contributed by atoms with Crippen LogP contribution in [0.25, 0.3) is 11.5 Å². The first-order valence-corrected chi connectivity index (χ1v) is 6.18. The lowest BCUT2D eigenvalue weighted by Gasteiger charge is -2.01. The molecule has 0 radical (unpaired) electrons. The molecule has 0 fully saturated rings. The number of H-pyrrole nitrogens is 1. The van der Waals surface area contributed by atoms with Crippen molar-refractivity contribution in [2.75, 3.05) is 6.54 Å². The van der Waals surface area contributed by atoms with Gasteiger partial charge < -0.3 is 9.73 Å². The maximum absolute atomic E-state index is 11.8. The average molecular weight is 247 g/mol. The van der Waals surface area contributed by atoms with Crippen LogP contribution in [0.5, 0.6) is 0 Å². The predicted molar refractivity (Wildman–Crippen MR) is 68.1 cm³/mol. The molecule has 2 aromatic rings. The Kier molecular flexibility index (Phi) is 4.17. The van der Waals surface area contributed by atoms with E-state index in [9.17, 15) is 4.79 Å². The highest BCUT2D eigenvalue weighted by molar-refractivity contribution is 5.93. The van der Waals surface area contributed by atoms with Crippen LogP contribution in [-0.2, 0) is 0 Å². The Morgan fingerprint density at radius 2 is 2.39 bits per heavy atom. The van der Waals surface area contributed by atoms with Gasteiger partial charge in [-0.3, -0.25) is 9.89 Å². The third-order valence-corrected chi connectivity index (χ3v) is 2.66. The molecule has 2 aromatic heterocycles. The Labute approximate surface area is 106 Å². The lowest BCUT2D eigenvalue weighted by Crippen LogP contribution is -2.24. The fourth-order valence-electron chi connectivity index (χ4n) is 1.66. The molecule has 5 heteroatoms. The van der Waals surface area contributed by atoms with Gasteiger partial charge in [0.1, 0.15) is 5.69 Å². The van der Waals surface area contributed by atoms with Crippen molar-refractivity contribution >= 4 is 5.91 Å². The molecule has 18 heavy (non-hydrogen) atoms. The molecule has 0 saturated heterocycles. The topological polar surface area (TPSA) is 70.9 Å². The molecule has 2 rings (SSSR count). The quantitative estimate of drug-likeness (QED) is 0.771. The number of hydrogen-bond acceptors (Lipinski definition) is 3. The molecule has 96 valence electrons. The normalized spacial score (nSPS) is 10.5. The van der Waals surface area contributed by atoms with Gasteiger partial charge in [-0.1, -0.05) is 19.8 Å². The Bertz CT molecular complexity index is 488. The molecule has 5 nitrogen and oxygen atoms in total. The van der Waals surface area contributed by atoms with Crippen LogP contribution >= 0.6 is 0 Å². The van der Waals surface area contributed by atoms with Gasteiger partial charge in [0.05, 0.1) is 6.26 Å². The first-order valence-electron chi connectivity index (χ1n) is 6.18. The van der Waals surface area contributed by atoms with Crippen LogP contribution in [0.4, 0.5) is 0 Å². The number of furan rings is 1. The molecule has 0 aliphatic carbocycles. The largest absolute Gasteiger partial charge is 0.463 e.